The van der Waals surface area contributed by atoms with Gasteiger partial charge >= 0.3 is 12.0 Å². The number of carbonyl (C=O) groups is 3. The molecule has 0 saturated carbocycles. The standard InChI is InChI=1S/C15H16Cl2N2O5/c16-10-6-9(19-12(20)8-18-15(19)23)7-11(17)14(10)24-5-3-1-2-4-13(21)22/h6-7H,1-5,8H2,(H,18,23)(H,21,22). The highest BCUT2D eigenvalue weighted by Crippen LogP contribution is 2.37. The summed E-state index contributed by atoms with van der Waals surface area (Å²) in [5.41, 5.74) is 0.277. The third kappa shape index (κ3) is 4.52. The number of benzene rings is 1. The number of urea groups is 1. The van der Waals surface area contributed by atoms with Crippen LogP contribution in [0.2, 0.25) is 10.0 Å². The van der Waals surface area contributed by atoms with Gasteiger partial charge in [-0.05, 0) is 31.4 Å². The normalized spacial score (nSPS) is 14.0. The Balaban J connectivity index is 1.96. The highest BCUT2D eigenvalue weighted by atomic mass is 35.5. The summed E-state index contributed by atoms with van der Waals surface area (Å²) >= 11 is 12.3. The zero-order valence-corrected chi connectivity index (χ0v) is 14.2. The van der Waals surface area contributed by atoms with Gasteiger partial charge in [-0.3, -0.25) is 9.59 Å². The van der Waals surface area contributed by atoms with E-state index in [1.165, 1.54) is 12.1 Å². The summed E-state index contributed by atoms with van der Waals surface area (Å²) in [6.07, 6.45) is 2.07. The molecule has 24 heavy (non-hydrogen) atoms. The minimum Gasteiger partial charge on any atom is -0.490 e. The van der Waals surface area contributed by atoms with Crippen LogP contribution in [0.4, 0.5) is 10.5 Å². The van der Waals surface area contributed by atoms with Crippen molar-refractivity contribution in [1.29, 1.82) is 0 Å². The van der Waals surface area contributed by atoms with Crippen LogP contribution < -0.4 is 15.0 Å². The molecule has 130 valence electrons. The summed E-state index contributed by atoms with van der Waals surface area (Å²) in [4.78, 5) is 34.7. The molecule has 3 amide bonds. The van der Waals surface area contributed by atoms with Gasteiger partial charge in [-0.25, -0.2) is 9.69 Å². The molecule has 0 aromatic heterocycles. The maximum atomic E-state index is 11.7. The van der Waals surface area contributed by atoms with E-state index in [1.54, 1.807) is 0 Å². The monoisotopic (exact) mass is 374 g/mol. The van der Waals surface area contributed by atoms with Gasteiger partial charge in [0, 0.05) is 6.42 Å². The van der Waals surface area contributed by atoms with Crippen LogP contribution in [0.3, 0.4) is 0 Å². The minimum absolute atomic E-state index is 0.0668. The molecule has 0 radical (unpaired) electrons. The zero-order valence-electron chi connectivity index (χ0n) is 12.7. The molecule has 0 bridgehead atoms. The van der Waals surface area contributed by atoms with Crippen LogP contribution in [0.1, 0.15) is 25.7 Å². The molecule has 0 atom stereocenters. The lowest BCUT2D eigenvalue weighted by Gasteiger charge is -2.16. The first-order chi connectivity index (χ1) is 11.4. The maximum absolute atomic E-state index is 11.7. The largest absolute Gasteiger partial charge is 0.490 e. The van der Waals surface area contributed by atoms with E-state index in [-0.39, 0.29) is 40.4 Å². The lowest BCUT2D eigenvalue weighted by atomic mass is 10.2. The summed E-state index contributed by atoms with van der Waals surface area (Å²) in [6, 6.07) is 2.35. The number of hydrogen-bond acceptors (Lipinski definition) is 4. The average Bonchev–Trinajstić information content (AvgIpc) is 2.83. The Morgan fingerprint density at radius 2 is 1.88 bits per heavy atom. The Labute approximate surface area is 148 Å². The van der Waals surface area contributed by atoms with Crippen LogP contribution in [-0.2, 0) is 9.59 Å². The number of anilines is 1. The number of nitrogens with zero attached hydrogens (tertiary/aromatic N) is 1. The second-order valence-electron chi connectivity index (χ2n) is 5.18. The number of carbonyl (C=O) groups excluding carboxylic acids is 2. The van der Waals surface area contributed by atoms with Crippen LogP contribution in [0.25, 0.3) is 0 Å². The van der Waals surface area contributed by atoms with E-state index in [1.807, 2.05) is 0 Å². The number of ether oxygens (including phenoxy) is 1. The van der Waals surface area contributed by atoms with Gasteiger partial charge in [0.05, 0.1) is 28.9 Å². The molecular formula is C15H16Cl2N2O5. The molecule has 1 fully saturated rings. The van der Waals surface area contributed by atoms with Gasteiger partial charge in [-0.2, -0.15) is 0 Å². The van der Waals surface area contributed by atoms with Crippen molar-refractivity contribution in [3.05, 3.63) is 22.2 Å². The van der Waals surface area contributed by atoms with Gasteiger partial charge < -0.3 is 15.2 Å². The number of carboxylic acid groups (broad SMARTS) is 1. The van der Waals surface area contributed by atoms with E-state index < -0.39 is 12.0 Å². The predicted octanol–water partition coefficient (Wildman–Crippen LogP) is 3.07. The van der Waals surface area contributed by atoms with Gasteiger partial charge in [-0.15, -0.1) is 0 Å². The number of hydrogen-bond donors (Lipinski definition) is 2. The van der Waals surface area contributed by atoms with Gasteiger partial charge in [0.1, 0.15) is 0 Å². The van der Waals surface area contributed by atoms with Crippen molar-refractivity contribution in [2.45, 2.75) is 25.7 Å². The summed E-state index contributed by atoms with van der Waals surface area (Å²) in [6.45, 7) is 0.268. The van der Waals surface area contributed by atoms with Crippen LogP contribution in [0, 0.1) is 0 Å². The highest BCUT2D eigenvalue weighted by molar-refractivity contribution is 6.38. The molecule has 1 heterocycles. The number of carboxylic acids is 1. The molecule has 1 aliphatic rings. The topological polar surface area (TPSA) is 95.9 Å². The van der Waals surface area contributed by atoms with Crippen molar-refractivity contribution < 1.29 is 24.2 Å². The summed E-state index contributed by atoms with van der Waals surface area (Å²) in [5.74, 6) is -0.940. The van der Waals surface area contributed by atoms with Gasteiger partial charge in [0.15, 0.2) is 5.75 Å². The van der Waals surface area contributed by atoms with Crippen molar-refractivity contribution in [3.63, 3.8) is 0 Å². The lowest BCUT2D eigenvalue weighted by Crippen LogP contribution is -2.30. The third-order valence-corrected chi connectivity index (χ3v) is 3.93. The fraction of sp³-hybridized carbons (Fsp3) is 0.400. The number of nitrogens with one attached hydrogen (secondary N) is 1. The molecule has 7 nitrogen and oxygen atoms in total. The van der Waals surface area contributed by atoms with Gasteiger partial charge in [-0.1, -0.05) is 23.2 Å². The first-order valence-corrected chi connectivity index (χ1v) is 8.10. The van der Waals surface area contributed by atoms with Crippen molar-refractivity contribution in [3.8, 4) is 5.75 Å². The molecular weight excluding hydrogens is 359 g/mol. The highest BCUT2D eigenvalue weighted by Gasteiger charge is 2.31. The van der Waals surface area contributed by atoms with E-state index in [0.717, 1.165) is 4.90 Å². The van der Waals surface area contributed by atoms with Crippen molar-refractivity contribution in [2.24, 2.45) is 0 Å². The lowest BCUT2D eigenvalue weighted by molar-refractivity contribution is -0.137. The first kappa shape index (κ1) is 18.4. The van der Waals surface area contributed by atoms with Crippen LogP contribution in [-0.4, -0.2) is 36.2 Å². The number of unbranched alkanes of at least 4 members (excludes halogenated alkanes) is 2. The van der Waals surface area contributed by atoms with Crippen molar-refractivity contribution >= 4 is 46.8 Å². The zero-order chi connectivity index (χ0) is 17.7. The van der Waals surface area contributed by atoms with Crippen molar-refractivity contribution in [1.82, 2.24) is 5.32 Å². The van der Waals surface area contributed by atoms with Crippen LogP contribution in [0.5, 0.6) is 5.75 Å². The molecule has 9 heteroatoms. The van der Waals surface area contributed by atoms with Gasteiger partial charge in [0.25, 0.3) is 5.91 Å². The minimum atomic E-state index is -0.821. The summed E-state index contributed by atoms with van der Waals surface area (Å²) in [7, 11) is 0. The Morgan fingerprint density at radius 1 is 1.21 bits per heavy atom. The molecule has 0 spiro atoms. The molecule has 0 aliphatic carbocycles. The quantitative estimate of drug-likeness (QED) is 0.538. The fourth-order valence-electron chi connectivity index (χ4n) is 2.23. The molecule has 1 aromatic rings. The molecule has 2 N–H and O–H groups in total. The Hall–Kier alpha value is -1.99. The van der Waals surface area contributed by atoms with Crippen LogP contribution >= 0.6 is 23.2 Å². The van der Waals surface area contributed by atoms with E-state index in [2.05, 4.69) is 5.32 Å². The van der Waals surface area contributed by atoms with Gasteiger partial charge in [0.2, 0.25) is 0 Å². The van der Waals surface area contributed by atoms with E-state index in [9.17, 15) is 14.4 Å². The van der Waals surface area contributed by atoms with E-state index >= 15 is 0 Å². The second-order valence-corrected chi connectivity index (χ2v) is 5.99. The predicted molar refractivity (Wildman–Crippen MR) is 88.9 cm³/mol. The van der Waals surface area contributed by atoms with Crippen LogP contribution in [0.15, 0.2) is 12.1 Å². The number of amides is 3. The van der Waals surface area contributed by atoms with E-state index in [4.69, 9.17) is 33.0 Å². The Bertz CT molecular complexity index is 626. The Morgan fingerprint density at radius 3 is 2.42 bits per heavy atom. The average molecular weight is 375 g/mol. The number of halogens is 2. The molecule has 0 unspecified atom stereocenters. The Kier molecular flexibility index (Phi) is 6.28. The molecule has 1 aromatic carbocycles. The smallest absolute Gasteiger partial charge is 0.329 e. The number of aliphatic carboxylic acids is 1. The SMILES string of the molecule is O=C(O)CCCCCOc1c(Cl)cc(N2C(=O)CNC2=O)cc1Cl. The first-order valence-electron chi connectivity index (χ1n) is 7.34. The van der Waals surface area contributed by atoms with Crippen molar-refractivity contribution in [2.75, 3.05) is 18.1 Å². The fourth-order valence-corrected chi connectivity index (χ4v) is 2.81. The number of rotatable bonds is 8. The maximum Gasteiger partial charge on any atom is 0.329 e. The molecule has 1 aliphatic heterocycles. The third-order valence-electron chi connectivity index (χ3n) is 3.37. The molecule has 1 saturated heterocycles. The number of imide groups is 1. The second kappa shape index (κ2) is 8.21. The van der Waals surface area contributed by atoms with E-state index in [0.29, 0.717) is 25.9 Å². The summed E-state index contributed by atoms with van der Waals surface area (Å²) < 4.78 is 5.53. The summed E-state index contributed by atoms with van der Waals surface area (Å²) in [5, 5.41) is 11.3. The molecule has 2 rings (SSSR count).